The van der Waals surface area contributed by atoms with Gasteiger partial charge in [0.25, 0.3) is 5.91 Å². The van der Waals surface area contributed by atoms with Gasteiger partial charge < -0.3 is 103 Å². The van der Waals surface area contributed by atoms with Crippen molar-refractivity contribution in [2.24, 2.45) is 17.8 Å². The number of ether oxygens (including phenoxy) is 3. The van der Waals surface area contributed by atoms with Gasteiger partial charge in [-0.05, 0) is 112 Å². The molecule has 1 aromatic heterocycles. The highest BCUT2D eigenvalue weighted by atomic mass is 33.1. The van der Waals surface area contributed by atoms with Crippen LogP contribution < -0.4 is 58.7 Å². The van der Waals surface area contributed by atoms with E-state index >= 15 is 4.79 Å². The van der Waals surface area contributed by atoms with E-state index in [0.29, 0.717) is 42.5 Å². The first-order chi connectivity index (χ1) is 58.2. The number of unbranched alkanes of at least 4 members (excludes halogenated alkanes) is 1. The number of thiazole rings is 1. The van der Waals surface area contributed by atoms with Crippen LogP contribution in [0.5, 0.6) is 5.75 Å². The first-order valence-electron chi connectivity index (χ1n) is 39.7. The number of aliphatic carboxylic acids is 6. The number of carboxylic acid groups (broad SMARTS) is 6. The van der Waals surface area contributed by atoms with Gasteiger partial charge in [-0.2, -0.15) is 0 Å². The van der Waals surface area contributed by atoms with E-state index in [4.69, 9.17) is 19.3 Å². The molecule has 2 unspecified atom stereocenters. The highest BCUT2D eigenvalue weighted by Crippen LogP contribution is 2.33. The molecule has 0 radical (unpaired) electrons. The van der Waals surface area contributed by atoms with Gasteiger partial charge in [0.15, 0.2) is 12.8 Å². The van der Waals surface area contributed by atoms with Crippen molar-refractivity contribution in [2.45, 2.75) is 225 Å². The Bertz CT molecular complexity index is 4110. The molecule has 2 heterocycles. The molecule has 3 aromatic rings. The maximum atomic E-state index is 15.0. The van der Waals surface area contributed by atoms with Crippen LogP contribution in [0, 0.1) is 17.8 Å². The number of carbonyl (C=O) groups is 18. The van der Waals surface area contributed by atoms with Crippen LogP contribution in [0.25, 0.3) is 0 Å². The van der Waals surface area contributed by atoms with Crippen LogP contribution in [-0.4, -0.2) is 257 Å². The number of esters is 2. The molecule has 45 heteroatoms. The van der Waals surface area contributed by atoms with Gasteiger partial charge in [0.05, 0.1) is 25.3 Å². The second kappa shape index (κ2) is 54.0. The number of phenols is 1. The number of aromatic hydroxyl groups is 1. The number of nitrogens with zero attached hydrogens (tertiary/aromatic N) is 3. The Morgan fingerprint density at radius 2 is 1.24 bits per heavy atom. The molecule has 1 aliphatic rings. The smallest absolute Gasteiger partial charge is 0.426 e. The van der Waals surface area contributed by atoms with Crippen molar-refractivity contribution in [2.75, 3.05) is 45.0 Å². The van der Waals surface area contributed by atoms with Crippen LogP contribution in [0.1, 0.15) is 183 Å². The Labute approximate surface area is 720 Å². The van der Waals surface area contributed by atoms with E-state index in [1.165, 1.54) is 60.5 Å². The van der Waals surface area contributed by atoms with Gasteiger partial charge in [0.2, 0.25) is 35.4 Å². The number of phenolic OH excluding ortho intramolecular Hbond substituents is 1. The molecule has 0 bridgehead atoms. The zero-order valence-electron chi connectivity index (χ0n) is 69.4. The summed E-state index contributed by atoms with van der Waals surface area (Å²) in [5, 5.41) is 90.2. The molecule has 0 aliphatic carbocycles. The minimum Gasteiger partial charge on any atom is -0.508 e. The number of likely N-dealkylation sites (N-methyl/N-ethyl adjacent to an activating group) is 1. The van der Waals surface area contributed by atoms with Crippen molar-refractivity contribution in [3.63, 3.8) is 0 Å². The molecule has 1 aliphatic heterocycles. The molecule has 4 rings (SSSR count). The monoisotopic (exact) mass is 1790 g/mol. The van der Waals surface area contributed by atoms with Crippen LogP contribution in [0.2, 0.25) is 0 Å². The largest absolute Gasteiger partial charge is 0.508 e. The second-order valence-electron chi connectivity index (χ2n) is 29.5. The Kier molecular flexibility index (Phi) is 45.6. The minimum atomic E-state index is -2.00. The molecule has 12 atom stereocenters. The van der Waals surface area contributed by atoms with Gasteiger partial charge in [-0.15, -0.1) is 11.3 Å². The maximum Gasteiger partial charge on any atom is 0.426 e. The van der Waals surface area contributed by atoms with Crippen LogP contribution in [0.4, 0.5) is 14.4 Å². The summed E-state index contributed by atoms with van der Waals surface area (Å²) >= 11 is 1.000. The predicted molar refractivity (Wildman–Crippen MR) is 442 cm³/mol. The zero-order chi connectivity index (χ0) is 91.6. The fraction of sp³-hybridized carbons (Fsp3) is 0.577. The Morgan fingerprint density at radius 3 is 1.83 bits per heavy atom. The van der Waals surface area contributed by atoms with Crippen molar-refractivity contribution in [3.8, 4) is 5.75 Å². The summed E-state index contributed by atoms with van der Waals surface area (Å²) in [6, 6.07) is -1.38. The SMILES string of the molecule is CCCC(=O)OCN(C(=O)[C@@H](NC(=O)C1CCCCN1C)C(C)CC)[C@H](C[C@@H](OC(C)=O)c1nc(C(=O)N[C@@H](Cc2ccc(O)cc2)C[C@H](C)C(=O)NNC(=O)OCCSSC[C@H](NC(=O)[C@H](CC(=O)O)NC(=O)[C@H](CC(=O)O)NC(=O)Cc2ccc(CNC(=O)NCCCC[C@H](NC(=O)N[C@@H](CCC(=O)O)C(=O)O)C(=O)O)cc2)C(=O)O)cs1)C(C)C. The quantitative estimate of drug-likeness (QED) is 0.00962. The van der Waals surface area contributed by atoms with Gasteiger partial charge in [0.1, 0.15) is 59.3 Å². The predicted octanol–water partition coefficient (Wildman–Crippen LogP) is 3.29. The molecule has 2 aromatic carbocycles. The lowest BCUT2D eigenvalue weighted by molar-refractivity contribution is -0.161. The van der Waals surface area contributed by atoms with E-state index in [2.05, 4.69) is 58.4 Å². The van der Waals surface area contributed by atoms with Gasteiger partial charge in [0, 0.05) is 74.2 Å². The number of aromatic nitrogens is 1. The van der Waals surface area contributed by atoms with E-state index in [0.717, 1.165) is 45.8 Å². The summed E-state index contributed by atoms with van der Waals surface area (Å²) in [4.78, 5) is 238. The number of benzene rings is 2. The molecule has 18 N–H and O–H groups in total. The fourth-order valence-electron chi connectivity index (χ4n) is 12.4. The third-order valence-electron chi connectivity index (χ3n) is 19.3. The number of hydrazine groups is 1. The number of likely N-dealkylation sites (tertiary alicyclic amines) is 1. The third-order valence-corrected chi connectivity index (χ3v) is 22.6. The first-order valence-corrected chi connectivity index (χ1v) is 43.1. The number of hydrogen-bond donors (Lipinski definition) is 18. The first kappa shape index (κ1) is 104. The van der Waals surface area contributed by atoms with E-state index in [1.807, 2.05) is 45.0 Å². The van der Waals surface area contributed by atoms with Crippen molar-refractivity contribution < 1.29 is 136 Å². The lowest BCUT2D eigenvalue weighted by Gasteiger charge is -2.39. The minimum absolute atomic E-state index is 0.00261. The Hall–Kier alpha value is -11.6. The van der Waals surface area contributed by atoms with Crippen LogP contribution in [0.3, 0.4) is 0 Å². The number of carboxylic acids is 6. The Morgan fingerprint density at radius 1 is 0.634 bits per heavy atom. The Balaban J connectivity index is 1.29. The molecule has 0 spiro atoms. The van der Waals surface area contributed by atoms with Crippen LogP contribution in [0.15, 0.2) is 53.9 Å². The average Bonchev–Trinajstić information content (AvgIpc) is 1.60. The zero-order valence-corrected chi connectivity index (χ0v) is 71.9. The molecule has 123 heavy (non-hydrogen) atoms. The number of amides is 12. The fourth-order valence-corrected chi connectivity index (χ4v) is 15.3. The summed E-state index contributed by atoms with van der Waals surface area (Å²) in [5.74, 6) is -18.2. The van der Waals surface area contributed by atoms with Gasteiger partial charge in [-0.3, -0.25) is 67.9 Å². The number of urea groups is 2. The molecule has 1 fully saturated rings. The number of rotatable bonds is 54. The van der Waals surface area contributed by atoms with Crippen molar-refractivity contribution in [1.82, 2.24) is 73.5 Å². The normalized spacial score (nSPS) is 15.2. The van der Waals surface area contributed by atoms with Crippen molar-refractivity contribution in [3.05, 3.63) is 81.3 Å². The molecule has 1 saturated heterocycles. The standard InChI is InChI=1S/C78H112N14O28S3/c1-9-15-64(102)119-41-92(72(108)65(43(5)10-2)88-70(107)57-17-12-14-29-91(57)8)58(42(3)4)37-59(120-45(7)93)71-85-55(39-121-71)69(106)81-49(33-46-22-24-50(94)25-23-46)32-44(6)66(103)89-90-78(117)118-30-31-122-123-40-56(75(113)114)84-68(105)54(36-63(100)101)83-67(104)53(35-62(98)99)82-60(95)34-47-18-20-48(21-19-47)38-80-76(115)79-28-13-11-16-51(73(109)110)86-77(116)87-52(74(111)112)26-27-61(96)97/h18-25,39,42-44,49,51-54,56-59,65,94H,9-17,26-38,40-41H2,1-8H3,(H,81,106)(H,82,95)(H,83,104)(H,84,105)(H,88,107)(H,89,103)(H,90,117)(H,96,97)(H,98,99)(H,100,101)(H,109,110)(H,111,112)(H,113,114)(H2,79,80,115)(H2,86,87,116)/t43?,44-,49+,51-,52-,53-,54-,56-,57?,58+,59+,65-/m0/s1. The number of nitrogens with one attached hydrogen (secondary N) is 11. The summed E-state index contributed by atoms with van der Waals surface area (Å²) in [6.45, 7) is 11.9. The molecular formula is C78H112N14O28S3. The van der Waals surface area contributed by atoms with Crippen LogP contribution >= 0.6 is 32.9 Å². The molecular weight excluding hydrogens is 1680 g/mol. The van der Waals surface area contributed by atoms with E-state index < -0.39 is 207 Å². The lowest BCUT2D eigenvalue weighted by Crippen LogP contribution is -2.59. The topological polar surface area (TPSA) is 628 Å². The van der Waals surface area contributed by atoms with Crippen LogP contribution in [-0.2, 0) is 101 Å². The lowest BCUT2D eigenvalue weighted by atomic mass is 9.92. The number of piperidine rings is 1. The van der Waals surface area contributed by atoms with Gasteiger partial charge >= 0.3 is 65.9 Å². The van der Waals surface area contributed by atoms with Gasteiger partial charge in [-0.25, -0.2) is 39.2 Å². The average molecular weight is 1790 g/mol. The third kappa shape index (κ3) is 39.0. The summed E-state index contributed by atoms with van der Waals surface area (Å²) in [6.07, 6.45) is -2.14. The highest BCUT2D eigenvalue weighted by molar-refractivity contribution is 8.76. The second-order valence-corrected chi connectivity index (χ2v) is 33.0. The molecule has 680 valence electrons. The van der Waals surface area contributed by atoms with Crippen molar-refractivity contribution >= 4 is 140 Å². The summed E-state index contributed by atoms with van der Waals surface area (Å²) in [7, 11) is 3.70. The van der Waals surface area contributed by atoms with E-state index in [9.17, 15) is 112 Å². The molecule has 12 amide bonds. The highest BCUT2D eigenvalue weighted by Gasteiger charge is 2.41. The van der Waals surface area contributed by atoms with E-state index in [-0.39, 0.29) is 110 Å². The summed E-state index contributed by atoms with van der Waals surface area (Å²) < 4.78 is 16.7. The van der Waals surface area contributed by atoms with E-state index in [1.54, 1.807) is 19.1 Å². The van der Waals surface area contributed by atoms with Crippen molar-refractivity contribution in [1.29, 1.82) is 0 Å². The number of carbonyl (C=O) groups excluding carboxylic acids is 12. The number of hydrogen-bond acceptors (Lipinski definition) is 27. The maximum absolute atomic E-state index is 15.0. The van der Waals surface area contributed by atoms with Gasteiger partial charge in [-0.1, -0.05) is 112 Å². The summed E-state index contributed by atoms with van der Waals surface area (Å²) in [5.41, 5.74) is 5.82. The molecule has 0 saturated carbocycles. The molecule has 42 nitrogen and oxygen atoms in total.